The molecule has 11 rings (SSSR count). The third kappa shape index (κ3) is 3.16. The molecule has 0 saturated carbocycles. The van der Waals surface area contributed by atoms with E-state index in [-0.39, 0.29) is 5.41 Å². The molecule has 48 heavy (non-hydrogen) atoms. The van der Waals surface area contributed by atoms with Crippen molar-refractivity contribution in [1.82, 2.24) is 4.57 Å². The van der Waals surface area contributed by atoms with Gasteiger partial charge in [-0.3, -0.25) is 0 Å². The van der Waals surface area contributed by atoms with Crippen LogP contribution in [0, 0.1) is 0 Å². The van der Waals surface area contributed by atoms with Gasteiger partial charge in [0.15, 0.2) is 0 Å². The molecule has 1 heterocycles. The zero-order valence-electron chi connectivity index (χ0n) is 26.9. The smallest absolute Gasteiger partial charge is 0.0623 e. The minimum atomic E-state index is -0.132. The van der Waals surface area contributed by atoms with E-state index >= 15 is 0 Å². The monoisotopic (exact) mass is 609 g/mol. The van der Waals surface area contributed by atoms with Gasteiger partial charge in [0.2, 0.25) is 0 Å². The normalized spacial score (nSPS) is 13.8. The Morgan fingerprint density at radius 3 is 1.88 bits per heavy atom. The SMILES string of the molecule is CC1(C)c2ccccc2-c2c1c1c3ccccc3n(-c3cccc(-c4ccc5c6c(cccc46)-c4ccccc4-5)c3)c1c1ccccc21. The molecule has 0 N–H and O–H groups in total. The highest BCUT2D eigenvalue weighted by molar-refractivity contribution is 6.26. The molecule has 0 spiro atoms. The first kappa shape index (κ1) is 26.2. The molecule has 0 amide bonds. The summed E-state index contributed by atoms with van der Waals surface area (Å²) in [5.74, 6) is 0. The second-order valence-corrected chi connectivity index (χ2v) is 14.0. The standard InChI is InChI=1S/C47H31N/c1-47(2)40-23-9-7-19-38(40)43-35-17-5-6-18-37(35)46-44(45(43)47)39-20-8-10-24-41(39)48(46)29-14-11-13-28(27-29)30-25-26-36-32-16-4-3-15-31(32)34-22-12-21-33(30)42(34)36/h3-27H,1-2H3. The van der Waals surface area contributed by atoms with Crippen molar-refractivity contribution in [2.24, 2.45) is 0 Å². The van der Waals surface area contributed by atoms with E-state index in [0.717, 1.165) is 0 Å². The Morgan fingerprint density at radius 1 is 0.438 bits per heavy atom. The lowest BCUT2D eigenvalue weighted by atomic mass is 9.79. The summed E-state index contributed by atoms with van der Waals surface area (Å²) in [6.07, 6.45) is 0. The van der Waals surface area contributed by atoms with Crippen molar-refractivity contribution in [3.8, 4) is 50.2 Å². The van der Waals surface area contributed by atoms with Crippen LogP contribution < -0.4 is 0 Å². The zero-order valence-corrected chi connectivity index (χ0v) is 26.9. The van der Waals surface area contributed by atoms with Crippen molar-refractivity contribution >= 4 is 43.4 Å². The van der Waals surface area contributed by atoms with Gasteiger partial charge in [-0.1, -0.05) is 147 Å². The first-order valence-electron chi connectivity index (χ1n) is 17.0. The first-order chi connectivity index (χ1) is 23.6. The van der Waals surface area contributed by atoms with Crippen LogP contribution >= 0.6 is 0 Å². The molecule has 0 radical (unpaired) electrons. The first-order valence-corrected chi connectivity index (χ1v) is 17.0. The molecule has 8 aromatic carbocycles. The van der Waals surface area contributed by atoms with E-state index in [2.05, 4.69) is 170 Å². The lowest BCUT2D eigenvalue weighted by molar-refractivity contribution is 0.667. The van der Waals surface area contributed by atoms with Crippen molar-refractivity contribution in [2.75, 3.05) is 0 Å². The summed E-state index contributed by atoms with van der Waals surface area (Å²) in [6, 6.07) is 56.6. The minimum absolute atomic E-state index is 0.132. The van der Waals surface area contributed by atoms with Gasteiger partial charge < -0.3 is 4.57 Å². The predicted octanol–water partition coefficient (Wildman–Crippen LogP) is 12.7. The maximum Gasteiger partial charge on any atom is 0.0623 e. The zero-order chi connectivity index (χ0) is 31.7. The molecule has 224 valence electrons. The number of fused-ring (bicyclic) bond motifs is 13. The molecule has 0 fully saturated rings. The van der Waals surface area contributed by atoms with Crippen LogP contribution in [0.4, 0.5) is 0 Å². The van der Waals surface area contributed by atoms with Crippen LogP contribution in [-0.4, -0.2) is 4.57 Å². The van der Waals surface area contributed by atoms with Crippen LogP contribution in [0.1, 0.15) is 25.0 Å². The van der Waals surface area contributed by atoms with E-state index < -0.39 is 0 Å². The van der Waals surface area contributed by atoms with Gasteiger partial charge >= 0.3 is 0 Å². The largest absolute Gasteiger partial charge is 0.309 e. The van der Waals surface area contributed by atoms with E-state index in [4.69, 9.17) is 0 Å². The highest BCUT2D eigenvalue weighted by atomic mass is 15.0. The molecule has 0 bridgehead atoms. The van der Waals surface area contributed by atoms with E-state index in [9.17, 15) is 0 Å². The van der Waals surface area contributed by atoms with Gasteiger partial charge in [-0.2, -0.15) is 0 Å². The van der Waals surface area contributed by atoms with Crippen molar-refractivity contribution in [3.63, 3.8) is 0 Å². The summed E-state index contributed by atoms with van der Waals surface area (Å²) < 4.78 is 2.53. The number of hydrogen-bond donors (Lipinski definition) is 0. The average molecular weight is 610 g/mol. The summed E-state index contributed by atoms with van der Waals surface area (Å²) in [4.78, 5) is 0. The molecule has 0 aliphatic heterocycles. The number of para-hydroxylation sites is 1. The van der Waals surface area contributed by atoms with E-state index in [0.29, 0.717) is 0 Å². The molecule has 0 unspecified atom stereocenters. The summed E-state index contributed by atoms with van der Waals surface area (Å²) in [5, 5.41) is 7.97. The second-order valence-electron chi connectivity index (χ2n) is 14.0. The van der Waals surface area contributed by atoms with E-state index in [1.54, 1.807) is 0 Å². The molecule has 9 aromatic rings. The molecule has 0 saturated heterocycles. The van der Waals surface area contributed by atoms with Crippen molar-refractivity contribution in [1.29, 1.82) is 0 Å². The van der Waals surface area contributed by atoms with Gasteiger partial charge in [0.25, 0.3) is 0 Å². The Bertz CT molecular complexity index is 2830. The van der Waals surface area contributed by atoms with Gasteiger partial charge in [0.1, 0.15) is 0 Å². The van der Waals surface area contributed by atoms with Crippen LogP contribution in [0.25, 0.3) is 93.5 Å². The fourth-order valence-electron chi connectivity index (χ4n) is 9.34. The number of rotatable bonds is 2. The van der Waals surface area contributed by atoms with E-state index in [1.807, 2.05) is 0 Å². The highest BCUT2D eigenvalue weighted by Gasteiger charge is 2.39. The molecule has 1 nitrogen and oxygen atoms in total. The number of hydrogen-bond acceptors (Lipinski definition) is 0. The quantitative estimate of drug-likeness (QED) is 0.184. The Kier molecular flexibility index (Phi) is 4.97. The lowest BCUT2D eigenvalue weighted by Gasteiger charge is -2.23. The second kappa shape index (κ2) is 9.12. The maximum absolute atomic E-state index is 2.53. The molecular formula is C47H31N. The number of nitrogens with zero attached hydrogens (tertiary/aromatic N) is 1. The fourth-order valence-corrected chi connectivity index (χ4v) is 9.34. The van der Waals surface area contributed by atoms with Crippen LogP contribution in [-0.2, 0) is 5.41 Å². The molecular weight excluding hydrogens is 579 g/mol. The van der Waals surface area contributed by atoms with Gasteiger partial charge in [-0.15, -0.1) is 0 Å². The van der Waals surface area contributed by atoms with Gasteiger partial charge in [0, 0.05) is 27.3 Å². The number of aromatic nitrogens is 1. The van der Waals surface area contributed by atoms with Crippen LogP contribution in [0.15, 0.2) is 152 Å². The topological polar surface area (TPSA) is 4.93 Å². The average Bonchev–Trinajstić information content (AvgIpc) is 3.73. The summed E-state index contributed by atoms with van der Waals surface area (Å²) >= 11 is 0. The summed E-state index contributed by atoms with van der Waals surface area (Å²) in [7, 11) is 0. The molecule has 1 heteroatoms. The lowest BCUT2D eigenvalue weighted by Crippen LogP contribution is -2.15. The van der Waals surface area contributed by atoms with Crippen molar-refractivity contribution in [3.05, 3.63) is 163 Å². The Balaban J connectivity index is 1.23. The van der Waals surface area contributed by atoms with Crippen LogP contribution in [0.2, 0.25) is 0 Å². The summed E-state index contributed by atoms with van der Waals surface area (Å²) in [6.45, 7) is 4.82. The van der Waals surface area contributed by atoms with Crippen LogP contribution in [0.5, 0.6) is 0 Å². The third-order valence-electron chi connectivity index (χ3n) is 11.3. The Morgan fingerprint density at radius 2 is 1.04 bits per heavy atom. The molecule has 1 aromatic heterocycles. The van der Waals surface area contributed by atoms with Crippen LogP contribution in [0.3, 0.4) is 0 Å². The molecule has 2 aliphatic rings. The van der Waals surface area contributed by atoms with E-state index in [1.165, 1.54) is 105 Å². The fraction of sp³-hybridized carbons (Fsp3) is 0.0638. The summed E-state index contributed by atoms with van der Waals surface area (Å²) in [5.41, 5.74) is 17.0. The molecule has 0 atom stereocenters. The Hall–Kier alpha value is -5.92. The van der Waals surface area contributed by atoms with Gasteiger partial charge in [-0.25, -0.2) is 0 Å². The number of benzene rings is 8. The third-order valence-corrected chi connectivity index (χ3v) is 11.3. The molecule has 2 aliphatic carbocycles. The van der Waals surface area contributed by atoms with Gasteiger partial charge in [0.05, 0.1) is 11.0 Å². The van der Waals surface area contributed by atoms with Gasteiger partial charge in [-0.05, 0) is 90.0 Å². The Labute approximate surface area is 279 Å². The minimum Gasteiger partial charge on any atom is -0.309 e. The van der Waals surface area contributed by atoms with Crippen molar-refractivity contribution in [2.45, 2.75) is 19.3 Å². The predicted molar refractivity (Wildman–Crippen MR) is 203 cm³/mol. The maximum atomic E-state index is 2.53. The highest BCUT2D eigenvalue weighted by Crippen LogP contribution is 2.56. The van der Waals surface area contributed by atoms with Crippen molar-refractivity contribution < 1.29 is 0 Å².